The average Bonchev–Trinajstić information content (AvgIpc) is 2.56. The minimum absolute atomic E-state index is 0.927. The van der Waals surface area contributed by atoms with E-state index in [1.807, 2.05) is 0 Å². The molecule has 0 unspecified atom stereocenters. The summed E-state index contributed by atoms with van der Waals surface area (Å²) >= 11 is 0. The van der Waals surface area contributed by atoms with E-state index in [1.165, 1.54) is 17.0 Å². The second-order valence-corrected chi connectivity index (χ2v) is 32.5. The fraction of sp³-hybridized carbons (Fsp3) is 0.652. The van der Waals surface area contributed by atoms with E-state index < -0.39 is 32.9 Å². The molecular weight excluding hydrogens is 445 g/mol. The second-order valence-electron chi connectivity index (χ2n) is 12.6. The molecule has 176 valence electrons. The second kappa shape index (κ2) is 10.3. The zero-order valence-corrected chi connectivity index (χ0v) is 26.6. The summed E-state index contributed by atoms with van der Waals surface area (Å²) in [5.74, 6) is 0. The highest BCUT2D eigenvalue weighted by molar-refractivity contribution is 6.90. The van der Waals surface area contributed by atoms with Crippen molar-refractivity contribution in [3.05, 3.63) is 35.9 Å². The van der Waals surface area contributed by atoms with Crippen LogP contribution < -0.4 is 0 Å². The van der Waals surface area contributed by atoms with Crippen LogP contribution in [0.25, 0.3) is 0 Å². The quantitative estimate of drug-likeness (QED) is 0.192. The number of hydrazone groups is 2. The summed E-state index contributed by atoms with van der Waals surface area (Å²) in [6, 6.07) is 10.7. The van der Waals surface area contributed by atoms with Crippen LogP contribution in [0.5, 0.6) is 0 Å². The first-order valence-corrected chi connectivity index (χ1v) is 25.4. The maximum absolute atomic E-state index is 5.36. The smallest absolute Gasteiger partial charge is 0.158 e. The first-order valence-electron chi connectivity index (χ1n) is 11.6. The van der Waals surface area contributed by atoms with E-state index >= 15 is 0 Å². The molecule has 0 N–H and O–H groups in total. The maximum Gasteiger partial charge on any atom is 0.158 e. The third-order valence-electron chi connectivity index (χ3n) is 4.86. The summed E-state index contributed by atoms with van der Waals surface area (Å²) in [4.78, 5) is 0. The highest BCUT2D eigenvalue weighted by atomic mass is 28.4. The highest BCUT2D eigenvalue weighted by Crippen LogP contribution is 2.23. The highest BCUT2D eigenvalue weighted by Gasteiger charge is 2.35. The van der Waals surface area contributed by atoms with E-state index in [4.69, 9.17) is 10.2 Å². The topological polar surface area (TPSA) is 31.2 Å². The molecule has 0 radical (unpaired) electrons. The molecule has 4 nitrogen and oxygen atoms in total. The van der Waals surface area contributed by atoms with Crippen molar-refractivity contribution in [2.45, 2.75) is 98.3 Å². The van der Waals surface area contributed by atoms with Crippen LogP contribution in [-0.4, -0.2) is 53.0 Å². The predicted molar refractivity (Wildman–Crippen MR) is 152 cm³/mol. The molecule has 0 saturated heterocycles. The molecule has 0 aliphatic carbocycles. The monoisotopic (exact) mass is 492 g/mol. The molecule has 0 aromatic heterocycles. The van der Waals surface area contributed by atoms with Gasteiger partial charge < -0.3 is 8.68 Å². The van der Waals surface area contributed by atoms with Crippen LogP contribution in [0.1, 0.15) is 25.3 Å². The summed E-state index contributed by atoms with van der Waals surface area (Å²) < 4.78 is 5.05. The van der Waals surface area contributed by atoms with Gasteiger partial charge in [0.2, 0.25) is 0 Å². The van der Waals surface area contributed by atoms with E-state index in [1.54, 1.807) is 0 Å². The third-order valence-corrected chi connectivity index (χ3v) is 18.4. The lowest BCUT2D eigenvalue weighted by Crippen LogP contribution is -2.56. The van der Waals surface area contributed by atoms with Crippen molar-refractivity contribution in [3.8, 4) is 0 Å². The molecule has 0 fully saturated rings. The van der Waals surface area contributed by atoms with Gasteiger partial charge in [-0.3, -0.25) is 0 Å². The Bertz CT molecular complexity index is 736. The van der Waals surface area contributed by atoms with Gasteiger partial charge >= 0.3 is 0 Å². The third kappa shape index (κ3) is 9.19. The summed E-state index contributed by atoms with van der Waals surface area (Å²) in [5, 5.41) is 10.5. The Kier molecular flexibility index (Phi) is 9.33. The molecule has 0 amide bonds. The lowest BCUT2D eigenvalue weighted by molar-refractivity contribution is 0.657. The first kappa shape index (κ1) is 28.1. The van der Waals surface area contributed by atoms with Crippen LogP contribution in [-0.2, 0) is 0 Å². The van der Waals surface area contributed by atoms with Gasteiger partial charge in [0.25, 0.3) is 0 Å². The van der Waals surface area contributed by atoms with Gasteiger partial charge in [-0.05, 0) is 25.3 Å². The van der Waals surface area contributed by atoms with Crippen molar-refractivity contribution in [2.75, 3.05) is 0 Å². The Labute approximate surface area is 197 Å². The molecule has 31 heavy (non-hydrogen) atoms. The predicted octanol–water partition coefficient (Wildman–Crippen LogP) is 7.49. The lowest BCUT2D eigenvalue weighted by Gasteiger charge is -2.42. The van der Waals surface area contributed by atoms with E-state index in [2.05, 4.69) is 124 Å². The first-order chi connectivity index (χ1) is 13.8. The Morgan fingerprint density at radius 2 is 1.00 bits per heavy atom. The standard InChI is InChI=1S/C23H48N4Si4/c1-21(24-26(28(2,3)4)29(5,6)7)19-20-23(22-17-15-14-16-18-22)25-27(30(8,9)10)31(11,12)13/h14-18H,19-20H2,1-13H3. The molecule has 0 aliphatic rings. The van der Waals surface area contributed by atoms with Crippen molar-refractivity contribution >= 4 is 44.4 Å². The molecule has 1 aromatic carbocycles. The van der Waals surface area contributed by atoms with Crippen molar-refractivity contribution in [2.24, 2.45) is 10.2 Å². The number of rotatable bonds is 10. The molecule has 0 atom stereocenters. The molecule has 0 spiro atoms. The van der Waals surface area contributed by atoms with E-state index in [0.29, 0.717) is 0 Å². The van der Waals surface area contributed by atoms with E-state index in [0.717, 1.165) is 12.8 Å². The van der Waals surface area contributed by atoms with Gasteiger partial charge in [0.1, 0.15) is 0 Å². The van der Waals surface area contributed by atoms with E-state index in [9.17, 15) is 0 Å². The van der Waals surface area contributed by atoms with Crippen LogP contribution in [0, 0.1) is 0 Å². The summed E-state index contributed by atoms with van der Waals surface area (Å²) in [7, 11) is -6.14. The normalized spacial score (nSPS) is 14.6. The molecule has 1 rings (SSSR count). The fourth-order valence-electron chi connectivity index (χ4n) is 4.14. The molecule has 1 aromatic rings. The van der Waals surface area contributed by atoms with Crippen molar-refractivity contribution in [3.63, 3.8) is 0 Å². The van der Waals surface area contributed by atoms with Crippen molar-refractivity contribution in [1.82, 2.24) is 8.68 Å². The minimum Gasteiger partial charge on any atom is -0.350 e. The molecular formula is C23H48N4Si4. The van der Waals surface area contributed by atoms with Gasteiger partial charge in [-0.2, -0.15) is 5.10 Å². The summed E-state index contributed by atoms with van der Waals surface area (Å²) in [5.41, 5.74) is 3.66. The summed E-state index contributed by atoms with van der Waals surface area (Å²) in [6.45, 7) is 31.0. The fourth-order valence-corrected chi connectivity index (χ4v) is 22.0. The van der Waals surface area contributed by atoms with Crippen molar-refractivity contribution < 1.29 is 0 Å². The zero-order valence-electron chi connectivity index (χ0n) is 22.6. The molecule has 0 saturated carbocycles. The van der Waals surface area contributed by atoms with Crippen LogP contribution in [0.4, 0.5) is 0 Å². The van der Waals surface area contributed by atoms with Gasteiger partial charge in [-0.15, -0.1) is 0 Å². The van der Waals surface area contributed by atoms with Gasteiger partial charge in [0.15, 0.2) is 32.9 Å². The SMILES string of the molecule is CC(CCC(=NN([Si](C)(C)C)[Si](C)(C)C)c1ccccc1)=NN([Si](C)(C)C)[Si](C)(C)C. The van der Waals surface area contributed by atoms with Crippen LogP contribution in [0.2, 0.25) is 78.6 Å². The van der Waals surface area contributed by atoms with Gasteiger partial charge in [-0.25, -0.2) is 5.10 Å². The summed E-state index contributed by atoms with van der Waals surface area (Å²) in [6.07, 6.45) is 1.88. The van der Waals surface area contributed by atoms with E-state index in [-0.39, 0.29) is 0 Å². The number of hydrogen-bond acceptors (Lipinski definition) is 4. The number of nitrogens with zero attached hydrogens (tertiary/aromatic N) is 4. The van der Waals surface area contributed by atoms with Crippen LogP contribution >= 0.6 is 0 Å². The minimum atomic E-state index is -1.57. The largest absolute Gasteiger partial charge is 0.350 e. The lowest BCUT2D eigenvalue weighted by atomic mass is 10.0. The Morgan fingerprint density at radius 1 is 0.613 bits per heavy atom. The van der Waals surface area contributed by atoms with Gasteiger partial charge in [0, 0.05) is 5.71 Å². The van der Waals surface area contributed by atoms with Crippen LogP contribution in [0.15, 0.2) is 40.5 Å². The average molecular weight is 493 g/mol. The number of hydrogen-bond donors (Lipinski definition) is 0. The van der Waals surface area contributed by atoms with Gasteiger partial charge in [0.05, 0.1) is 5.71 Å². The van der Waals surface area contributed by atoms with Gasteiger partial charge in [-0.1, -0.05) is 109 Å². The Hall–Kier alpha value is -0.972. The van der Waals surface area contributed by atoms with Crippen molar-refractivity contribution in [1.29, 1.82) is 0 Å². The Balaban J connectivity index is 3.30. The molecule has 0 aliphatic heterocycles. The maximum atomic E-state index is 5.36. The molecule has 0 bridgehead atoms. The Morgan fingerprint density at radius 3 is 1.39 bits per heavy atom. The molecule has 8 heteroatoms. The number of benzene rings is 1. The zero-order chi connectivity index (χ0) is 24.3. The molecule has 0 heterocycles. The van der Waals surface area contributed by atoms with Crippen LogP contribution in [0.3, 0.4) is 0 Å².